The minimum atomic E-state index is 0.150. The zero-order chi connectivity index (χ0) is 21.2. The van der Waals surface area contributed by atoms with Crippen LogP contribution in [-0.2, 0) is 0 Å². The lowest BCUT2D eigenvalue weighted by molar-refractivity contribution is 0.0697. The first-order valence-electron chi connectivity index (χ1n) is 11.4. The fourth-order valence-electron chi connectivity index (χ4n) is 4.75. The van der Waals surface area contributed by atoms with Crippen LogP contribution in [0.15, 0.2) is 60.8 Å². The average molecular weight is 415 g/mol. The van der Waals surface area contributed by atoms with Crippen molar-refractivity contribution in [2.24, 2.45) is 5.92 Å². The molecule has 3 aromatic rings. The predicted octanol–water partition coefficient (Wildman–Crippen LogP) is 4.43. The molecule has 5 heteroatoms. The molecule has 0 spiro atoms. The number of rotatable bonds is 3. The topological polar surface area (TPSA) is 39.7 Å². The Morgan fingerprint density at radius 1 is 0.871 bits per heavy atom. The van der Waals surface area contributed by atoms with Crippen molar-refractivity contribution < 1.29 is 4.79 Å². The van der Waals surface area contributed by atoms with E-state index < -0.39 is 0 Å². The highest BCUT2D eigenvalue weighted by Crippen LogP contribution is 2.28. The van der Waals surface area contributed by atoms with E-state index in [1.165, 1.54) is 5.69 Å². The Kier molecular flexibility index (Phi) is 5.49. The molecule has 3 heterocycles. The molecular weight excluding hydrogens is 384 g/mol. The predicted molar refractivity (Wildman–Crippen MR) is 127 cm³/mol. The molecule has 2 aromatic carbocycles. The molecule has 2 aliphatic rings. The maximum Gasteiger partial charge on any atom is 0.253 e. The Labute approximate surface area is 184 Å². The van der Waals surface area contributed by atoms with E-state index in [4.69, 9.17) is 4.98 Å². The smallest absolute Gasteiger partial charge is 0.253 e. The molecule has 2 fully saturated rings. The molecule has 0 radical (unpaired) electrons. The summed E-state index contributed by atoms with van der Waals surface area (Å²) in [6.07, 6.45) is 4.07. The van der Waals surface area contributed by atoms with E-state index in [1.807, 2.05) is 23.2 Å². The summed E-state index contributed by atoms with van der Waals surface area (Å²) in [6.45, 7) is 7.76. The van der Waals surface area contributed by atoms with Crippen molar-refractivity contribution in [1.82, 2.24) is 9.88 Å². The Balaban J connectivity index is 1.37. The van der Waals surface area contributed by atoms with Gasteiger partial charge in [-0.25, -0.2) is 4.98 Å². The maximum absolute atomic E-state index is 13.1. The van der Waals surface area contributed by atoms with Gasteiger partial charge < -0.3 is 14.7 Å². The molecule has 0 atom stereocenters. The Morgan fingerprint density at radius 3 is 2.32 bits per heavy atom. The van der Waals surface area contributed by atoms with Gasteiger partial charge in [0.25, 0.3) is 5.91 Å². The van der Waals surface area contributed by atoms with Crippen LogP contribution in [0.4, 0.5) is 11.5 Å². The largest absolute Gasteiger partial charge is 0.368 e. The van der Waals surface area contributed by atoms with Gasteiger partial charge in [0.2, 0.25) is 0 Å². The summed E-state index contributed by atoms with van der Waals surface area (Å²) in [5.41, 5.74) is 2.05. The zero-order valence-electron chi connectivity index (χ0n) is 18.2. The standard InChI is InChI=1S/C26H30N4O/c1-20-10-13-30(14-11-20)26(31)22-8-7-21-9-12-27-25(24(21)19-22)29-17-15-28(16-18-29)23-5-3-2-4-6-23/h2-9,12,19-20H,10-11,13-18H2,1H3. The van der Waals surface area contributed by atoms with E-state index in [-0.39, 0.29) is 5.91 Å². The summed E-state index contributed by atoms with van der Waals surface area (Å²) in [4.78, 5) is 24.7. The van der Waals surface area contributed by atoms with Gasteiger partial charge >= 0.3 is 0 Å². The van der Waals surface area contributed by atoms with Crippen LogP contribution in [-0.4, -0.2) is 55.1 Å². The lowest BCUT2D eigenvalue weighted by Crippen LogP contribution is -2.46. The van der Waals surface area contributed by atoms with Crippen molar-refractivity contribution in [3.05, 3.63) is 66.4 Å². The number of hydrogen-bond donors (Lipinski definition) is 0. The van der Waals surface area contributed by atoms with Gasteiger partial charge in [0.15, 0.2) is 0 Å². The number of benzene rings is 2. The number of piperazine rings is 1. The van der Waals surface area contributed by atoms with Crippen LogP contribution in [0.1, 0.15) is 30.1 Å². The Morgan fingerprint density at radius 2 is 1.58 bits per heavy atom. The third kappa shape index (κ3) is 4.09. The van der Waals surface area contributed by atoms with Gasteiger partial charge in [0, 0.05) is 62.1 Å². The second kappa shape index (κ2) is 8.58. The Bertz CT molecular complexity index is 1050. The normalized spacial score (nSPS) is 17.9. The quantitative estimate of drug-likeness (QED) is 0.636. The average Bonchev–Trinajstić information content (AvgIpc) is 2.84. The van der Waals surface area contributed by atoms with E-state index >= 15 is 0 Å². The summed E-state index contributed by atoms with van der Waals surface area (Å²) < 4.78 is 0. The molecule has 0 N–H and O–H groups in total. The zero-order valence-corrected chi connectivity index (χ0v) is 18.2. The molecule has 0 aliphatic carbocycles. The maximum atomic E-state index is 13.1. The SMILES string of the molecule is CC1CCN(C(=O)c2ccc3ccnc(N4CCN(c5ccccc5)CC4)c3c2)CC1. The molecular formula is C26H30N4O. The third-order valence-corrected chi connectivity index (χ3v) is 6.76. The van der Waals surface area contributed by atoms with Crippen LogP contribution in [0.5, 0.6) is 0 Å². The van der Waals surface area contributed by atoms with Crippen molar-refractivity contribution in [2.75, 3.05) is 49.1 Å². The van der Waals surface area contributed by atoms with Crippen LogP contribution in [0, 0.1) is 5.92 Å². The van der Waals surface area contributed by atoms with E-state index in [0.717, 1.165) is 74.3 Å². The molecule has 5 rings (SSSR count). The first-order chi connectivity index (χ1) is 15.2. The fraction of sp³-hybridized carbons (Fsp3) is 0.385. The van der Waals surface area contributed by atoms with E-state index in [9.17, 15) is 4.79 Å². The highest BCUT2D eigenvalue weighted by molar-refractivity contribution is 6.01. The van der Waals surface area contributed by atoms with Gasteiger partial charge in [-0.15, -0.1) is 0 Å². The van der Waals surface area contributed by atoms with Gasteiger partial charge in [0.1, 0.15) is 5.82 Å². The number of amides is 1. The van der Waals surface area contributed by atoms with Crippen molar-refractivity contribution in [3.63, 3.8) is 0 Å². The minimum Gasteiger partial charge on any atom is -0.368 e. The van der Waals surface area contributed by atoms with Crippen LogP contribution >= 0.6 is 0 Å². The van der Waals surface area contributed by atoms with E-state index in [0.29, 0.717) is 5.92 Å². The number of hydrogen-bond acceptors (Lipinski definition) is 4. The van der Waals surface area contributed by atoms with Crippen molar-refractivity contribution >= 4 is 28.2 Å². The molecule has 31 heavy (non-hydrogen) atoms. The first kappa shape index (κ1) is 19.9. The van der Waals surface area contributed by atoms with Crippen molar-refractivity contribution in [1.29, 1.82) is 0 Å². The lowest BCUT2D eigenvalue weighted by atomic mass is 9.98. The Hall–Kier alpha value is -3.08. The number of carbonyl (C=O) groups is 1. The fourth-order valence-corrected chi connectivity index (χ4v) is 4.75. The number of carbonyl (C=O) groups excluding carboxylic acids is 1. The molecule has 2 aliphatic heterocycles. The second-order valence-electron chi connectivity index (χ2n) is 8.85. The summed E-state index contributed by atoms with van der Waals surface area (Å²) in [5.74, 6) is 1.86. The molecule has 1 aromatic heterocycles. The van der Waals surface area contributed by atoms with Crippen LogP contribution < -0.4 is 9.80 Å². The van der Waals surface area contributed by atoms with Gasteiger partial charge in [0.05, 0.1) is 0 Å². The number of aromatic nitrogens is 1. The van der Waals surface area contributed by atoms with Crippen LogP contribution in [0.3, 0.4) is 0 Å². The van der Waals surface area contributed by atoms with Crippen molar-refractivity contribution in [3.8, 4) is 0 Å². The van der Waals surface area contributed by atoms with E-state index in [1.54, 1.807) is 0 Å². The van der Waals surface area contributed by atoms with Gasteiger partial charge in [-0.2, -0.15) is 0 Å². The van der Waals surface area contributed by atoms with E-state index in [2.05, 4.69) is 59.2 Å². The molecule has 0 saturated carbocycles. The number of fused-ring (bicyclic) bond motifs is 1. The molecule has 1 amide bonds. The number of nitrogens with zero attached hydrogens (tertiary/aromatic N) is 4. The number of para-hydroxylation sites is 1. The highest BCUT2D eigenvalue weighted by Gasteiger charge is 2.23. The summed E-state index contributed by atoms with van der Waals surface area (Å²) in [7, 11) is 0. The molecule has 5 nitrogen and oxygen atoms in total. The molecule has 0 unspecified atom stereocenters. The summed E-state index contributed by atoms with van der Waals surface area (Å²) in [6, 6.07) is 18.7. The third-order valence-electron chi connectivity index (χ3n) is 6.76. The second-order valence-corrected chi connectivity index (χ2v) is 8.85. The van der Waals surface area contributed by atoms with Crippen LogP contribution in [0.2, 0.25) is 0 Å². The van der Waals surface area contributed by atoms with Crippen molar-refractivity contribution in [2.45, 2.75) is 19.8 Å². The molecule has 0 bridgehead atoms. The number of pyridine rings is 1. The molecule has 160 valence electrons. The van der Waals surface area contributed by atoms with Gasteiger partial charge in [-0.3, -0.25) is 4.79 Å². The van der Waals surface area contributed by atoms with Crippen LogP contribution in [0.25, 0.3) is 10.8 Å². The number of anilines is 2. The summed E-state index contributed by atoms with van der Waals surface area (Å²) in [5, 5.41) is 2.21. The lowest BCUT2D eigenvalue weighted by Gasteiger charge is -2.37. The van der Waals surface area contributed by atoms with Gasteiger partial charge in [-0.05, 0) is 54.5 Å². The number of piperidine rings is 1. The monoisotopic (exact) mass is 414 g/mol. The number of likely N-dealkylation sites (tertiary alicyclic amines) is 1. The molecule has 2 saturated heterocycles. The van der Waals surface area contributed by atoms with Gasteiger partial charge in [-0.1, -0.05) is 31.2 Å². The summed E-state index contributed by atoms with van der Waals surface area (Å²) >= 11 is 0. The first-order valence-corrected chi connectivity index (χ1v) is 11.4. The minimum absolute atomic E-state index is 0.150. The highest BCUT2D eigenvalue weighted by atomic mass is 16.2.